The van der Waals surface area contributed by atoms with Gasteiger partial charge in [0.1, 0.15) is 0 Å². The van der Waals surface area contributed by atoms with Gasteiger partial charge in [-0.3, -0.25) is 0 Å². The molecule has 0 aliphatic carbocycles. The van der Waals surface area contributed by atoms with E-state index >= 15 is 0 Å². The molecule has 1 atom stereocenters. The van der Waals surface area contributed by atoms with Crippen molar-refractivity contribution in [2.75, 3.05) is 33.5 Å². The molecule has 0 aromatic rings. The maximum absolute atomic E-state index is 5.40. The van der Waals surface area contributed by atoms with Gasteiger partial charge in [-0.15, -0.1) is 0 Å². The Morgan fingerprint density at radius 1 is 1.38 bits per heavy atom. The van der Waals surface area contributed by atoms with Gasteiger partial charge in [0.25, 0.3) is 0 Å². The van der Waals surface area contributed by atoms with E-state index in [9.17, 15) is 0 Å². The van der Waals surface area contributed by atoms with Gasteiger partial charge >= 0.3 is 0 Å². The molecular formula is C13H27NO2. The third kappa shape index (κ3) is 5.83. The number of hydrogen-bond donors (Lipinski definition) is 1. The third-order valence-electron chi connectivity index (χ3n) is 3.31. The highest BCUT2D eigenvalue weighted by atomic mass is 16.5. The lowest BCUT2D eigenvalue weighted by molar-refractivity contribution is 0.0588. The Morgan fingerprint density at radius 2 is 2.12 bits per heavy atom. The van der Waals surface area contributed by atoms with Gasteiger partial charge in [0, 0.05) is 33.0 Å². The predicted molar refractivity (Wildman–Crippen MR) is 66.7 cm³/mol. The average molecular weight is 229 g/mol. The van der Waals surface area contributed by atoms with E-state index in [0.717, 1.165) is 38.7 Å². The molecule has 0 amide bonds. The second-order valence-electron chi connectivity index (χ2n) is 4.72. The fourth-order valence-electron chi connectivity index (χ4n) is 2.30. The van der Waals surface area contributed by atoms with Crippen LogP contribution in [0.2, 0.25) is 0 Å². The maximum Gasteiger partial charge on any atom is 0.0477 e. The van der Waals surface area contributed by atoms with Crippen LogP contribution in [-0.2, 0) is 9.47 Å². The Hall–Kier alpha value is -0.120. The lowest BCUT2D eigenvalue weighted by Gasteiger charge is -2.27. The lowest BCUT2D eigenvalue weighted by Crippen LogP contribution is -2.34. The zero-order valence-corrected chi connectivity index (χ0v) is 10.8. The maximum atomic E-state index is 5.40. The van der Waals surface area contributed by atoms with Gasteiger partial charge in [-0.05, 0) is 44.6 Å². The van der Waals surface area contributed by atoms with Crippen LogP contribution in [0.1, 0.15) is 39.0 Å². The molecule has 1 heterocycles. The Balaban J connectivity index is 2.23. The summed E-state index contributed by atoms with van der Waals surface area (Å²) >= 11 is 0. The van der Waals surface area contributed by atoms with E-state index in [1.54, 1.807) is 7.11 Å². The Morgan fingerprint density at radius 3 is 2.75 bits per heavy atom. The Labute approximate surface area is 99.9 Å². The fraction of sp³-hybridized carbons (Fsp3) is 1.00. The molecule has 0 aromatic heterocycles. The fourth-order valence-corrected chi connectivity index (χ4v) is 2.30. The van der Waals surface area contributed by atoms with Gasteiger partial charge < -0.3 is 14.8 Å². The minimum Gasteiger partial charge on any atom is -0.385 e. The van der Waals surface area contributed by atoms with Crippen molar-refractivity contribution in [3.8, 4) is 0 Å². The summed E-state index contributed by atoms with van der Waals surface area (Å²) < 4.78 is 10.6. The van der Waals surface area contributed by atoms with Crippen LogP contribution in [0.15, 0.2) is 0 Å². The van der Waals surface area contributed by atoms with Gasteiger partial charge in [-0.1, -0.05) is 6.92 Å². The highest BCUT2D eigenvalue weighted by Crippen LogP contribution is 2.21. The molecule has 1 fully saturated rings. The molecule has 3 heteroatoms. The minimum atomic E-state index is 0.628. The second kappa shape index (κ2) is 8.97. The molecule has 0 spiro atoms. The van der Waals surface area contributed by atoms with Crippen LogP contribution < -0.4 is 5.32 Å². The summed E-state index contributed by atoms with van der Waals surface area (Å²) in [5.41, 5.74) is 0. The largest absolute Gasteiger partial charge is 0.385 e. The van der Waals surface area contributed by atoms with Gasteiger partial charge in [0.2, 0.25) is 0 Å². The van der Waals surface area contributed by atoms with Gasteiger partial charge in [-0.2, -0.15) is 0 Å². The smallest absolute Gasteiger partial charge is 0.0477 e. The molecule has 1 saturated heterocycles. The van der Waals surface area contributed by atoms with Crippen molar-refractivity contribution in [3.63, 3.8) is 0 Å². The van der Waals surface area contributed by atoms with E-state index in [0.29, 0.717) is 6.04 Å². The van der Waals surface area contributed by atoms with E-state index in [2.05, 4.69) is 12.2 Å². The molecule has 16 heavy (non-hydrogen) atoms. The van der Waals surface area contributed by atoms with Crippen LogP contribution in [-0.4, -0.2) is 39.5 Å². The van der Waals surface area contributed by atoms with E-state index in [1.165, 1.54) is 25.7 Å². The van der Waals surface area contributed by atoms with Crippen molar-refractivity contribution in [1.29, 1.82) is 0 Å². The van der Waals surface area contributed by atoms with E-state index in [1.807, 2.05) is 0 Å². The molecule has 1 unspecified atom stereocenters. The van der Waals surface area contributed by atoms with Crippen molar-refractivity contribution >= 4 is 0 Å². The quantitative estimate of drug-likeness (QED) is 0.692. The zero-order valence-electron chi connectivity index (χ0n) is 10.8. The summed E-state index contributed by atoms with van der Waals surface area (Å²) in [6.07, 6.45) is 6.09. The molecule has 1 aliphatic heterocycles. The SMILES string of the molecule is CCCNC(CCOC)CC1CCOCC1. The molecule has 96 valence electrons. The van der Waals surface area contributed by atoms with Crippen molar-refractivity contribution < 1.29 is 9.47 Å². The molecule has 0 radical (unpaired) electrons. The number of nitrogens with one attached hydrogen (secondary N) is 1. The Bertz CT molecular complexity index is 150. The molecule has 0 saturated carbocycles. The first-order chi connectivity index (χ1) is 7.86. The van der Waals surface area contributed by atoms with Crippen LogP contribution in [0.4, 0.5) is 0 Å². The first-order valence-corrected chi connectivity index (χ1v) is 6.66. The van der Waals surface area contributed by atoms with Crippen LogP contribution >= 0.6 is 0 Å². The first-order valence-electron chi connectivity index (χ1n) is 6.66. The number of ether oxygens (including phenoxy) is 2. The van der Waals surface area contributed by atoms with Crippen LogP contribution in [0.25, 0.3) is 0 Å². The minimum absolute atomic E-state index is 0.628. The van der Waals surface area contributed by atoms with Crippen LogP contribution in [0.3, 0.4) is 0 Å². The molecule has 0 bridgehead atoms. The summed E-state index contributed by atoms with van der Waals surface area (Å²) in [6.45, 7) is 6.11. The van der Waals surface area contributed by atoms with E-state index in [-0.39, 0.29) is 0 Å². The molecule has 1 rings (SSSR count). The lowest BCUT2D eigenvalue weighted by atomic mass is 9.91. The zero-order chi connectivity index (χ0) is 11.6. The highest BCUT2D eigenvalue weighted by molar-refractivity contribution is 4.73. The second-order valence-corrected chi connectivity index (χ2v) is 4.72. The van der Waals surface area contributed by atoms with Crippen molar-refractivity contribution in [1.82, 2.24) is 5.32 Å². The van der Waals surface area contributed by atoms with Crippen molar-refractivity contribution in [2.45, 2.75) is 45.1 Å². The van der Waals surface area contributed by atoms with E-state index < -0.39 is 0 Å². The number of hydrogen-bond acceptors (Lipinski definition) is 3. The molecular weight excluding hydrogens is 202 g/mol. The summed E-state index contributed by atoms with van der Waals surface area (Å²) in [5.74, 6) is 0.847. The van der Waals surface area contributed by atoms with Gasteiger partial charge in [0.05, 0.1) is 0 Å². The average Bonchev–Trinajstić information content (AvgIpc) is 2.34. The predicted octanol–water partition coefficient (Wildman–Crippen LogP) is 2.21. The monoisotopic (exact) mass is 229 g/mol. The van der Waals surface area contributed by atoms with Gasteiger partial charge in [-0.25, -0.2) is 0 Å². The summed E-state index contributed by atoms with van der Waals surface area (Å²) in [6, 6.07) is 0.628. The van der Waals surface area contributed by atoms with Crippen molar-refractivity contribution in [2.24, 2.45) is 5.92 Å². The topological polar surface area (TPSA) is 30.5 Å². The molecule has 1 N–H and O–H groups in total. The van der Waals surface area contributed by atoms with E-state index in [4.69, 9.17) is 9.47 Å². The number of methoxy groups -OCH3 is 1. The van der Waals surface area contributed by atoms with Crippen molar-refractivity contribution in [3.05, 3.63) is 0 Å². The molecule has 0 aromatic carbocycles. The van der Waals surface area contributed by atoms with Crippen LogP contribution in [0, 0.1) is 5.92 Å². The summed E-state index contributed by atoms with van der Waals surface area (Å²) in [4.78, 5) is 0. The van der Waals surface area contributed by atoms with Crippen LogP contribution in [0.5, 0.6) is 0 Å². The first kappa shape index (κ1) is 13.9. The summed E-state index contributed by atoms with van der Waals surface area (Å²) in [7, 11) is 1.78. The Kier molecular flexibility index (Phi) is 7.81. The third-order valence-corrected chi connectivity index (χ3v) is 3.31. The number of rotatable bonds is 8. The molecule has 3 nitrogen and oxygen atoms in total. The standard InChI is InChI=1S/C13H27NO2/c1-3-7-14-13(6-8-15-2)11-12-4-9-16-10-5-12/h12-14H,3-11H2,1-2H3. The van der Waals surface area contributed by atoms with Gasteiger partial charge in [0.15, 0.2) is 0 Å². The highest BCUT2D eigenvalue weighted by Gasteiger charge is 2.18. The normalized spacial score (nSPS) is 19.9. The summed E-state index contributed by atoms with van der Waals surface area (Å²) in [5, 5.41) is 3.63. The molecule has 1 aliphatic rings.